The van der Waals surface area contributed by atoms with Gasteiger partial charge in [-0.3, -0.25) is 9.69 Å². The van der Waals surface area contributed by atoms with Crippen molar-refractivity contribution in [1.29, 1.82) is 0 Å². The maximum atomic E-state index is 13.0. The van der Waals surface area contributed by atoms with Gasteiger partial charge in [0.1, 0.15) is 5.76 Å². The molecule has 0 saturated carbocycles. The molecule has 27 heavy (non-hydrogen) atoms. The number of rotatable bonds is 8. The summed E-state index contributed by atoms with van der Waals surface area (Å²) in [6.07, 6.45) is 1.66. The van der Waals surface area contributed by atoms with Gasteiger partial charge >= 0.3 is 0 Å². The molecule has 1 aromatic heterocycles. The average molecular weight is 370 g/mol. The second-order valence-electron chi connectivity index (χ2n) is 7.79. The molecule has 5 heteroatoms. The normalized spacial score (nSPS) is 16.0. The van der Waals surface area contributed by atoms with Crippen molar-refractivity contribution in [2.45, 2.75) is 26.9 Å². The lowest BCUT2D eigenvalue weighted by atomic mass is 10.2. The monoisotopic (exact) mass is 369 g/mol. The van der Waals surface area contributed by atoms with Crippen LogP contribution >= 0.6 is 0 Å². The Morgan fingerprint density at radius 3 is 2.33 bits per heavy atom. The molecule has 1 amide bonds. The number of amides is 1. The first-order valence-corrected chi connectivity index (χ1v) is 9.89. The van der Waals surface area contributed by atoms with E-state index in [9.17, 15) is 4.79 Å². The van der Waals surface area contributed by atoms with Gasteiger partial charge in [0.05, 0.1) is 19.4 Å². The molecule has 5 nitrogen and oxygen atoms in total. The van der Waals surface area contributed by atoms with E-state index >= 15 is 0 Å². The molecule has 0 radical (unpaired) electrons. The van der Waals surface area contributed by atoms with Crippen molar-refractivity contribution in [3.05, 3.63) is 60.1 Å². The Balaban J connectivity index is 1.57. The van der Waals surface area contributed by atoms with E-state index in [-0.39, 0.29) is 5.91 Å². The summed E-state index contributed by atoms with van der Waals surface area (Å²) < 4.78 is 5.48. The van der Waals surface area contributed by atoms with Gasteiger partial charge < -0.3 is 14.2 Å². The fraction of sp³-hybridized carbons (Fsp3) is 0.500. The van der Waals surface area contributed by atoms with Crippen LogP contribution in [-0.4, -0.2) is 59.9 Å². The number of hydrogen-bond donors (Lipinski definition) is 0. The Bertz CT molecular complexity index is 677. The predicted octanol–water partition coefficient (Wildman–Crippen LogP) is 3.08. The topological polar surface area (TPSA) is 39.9 Å². The molecule has 0 unspecified atom stereocenters. The zero-order valence-corrected chi connectivity index (χ0v) is 16.5. The SMILES string of the molecule is CC(C)CN1CCN(CC(=O)N(Cc2ccccc2)Cc2ccco2)CC1. The van der Waals surface area contributed by atoms with Gasteiger partial charge in [0.25, 0.3) is 0 Å². The Hall–Kier alpha value is -2.11. The van der Waals surface area contributed by atoms with E-state index in [1.165, 1.54) is 0 Å². The summed E-state index contributed by atoms with van der Waals surface area (Å²) in [5.41, 5.74) is 1.14. The minimum atomic E-state index is 0.160. The summed E-state index contributed by atoms with van der Waals surface area (Å²) in [5, 5.41) is 0. The number of carbonyl (C=O) groups excluding carboxylic acids is 1. The van der Waals surface area contributed by atoms with Crippen molar-refractivity contribution in [3.8, 4) is 0 Å². The van der Waals surface area contributed by atoms with Gasteiger partial charge in [-0.15, -0.1) is 0 Å². The van der Waals surface area contributed by atoms with Crippen molar-refractivity contribution in [2.75, 3.05) is 39.3 Å². The highest BCUT2D eigenvalue weighted by Crippen LogP contribution is 2.12. The molecule has 0 atom stereocenters. The van der Waals surface area contributed by atoms with Crippen molar-refractivity contribution in [3.63, 3.8) is 0 Å². The maximum absolute atomic E-state index is 13.0. The summed E-state index contributed by atoms with van der Waals surface area (Å²) in [6.45, 7) is 11.2. The van der Waals surface area contributed by atoms with Crippen LogP contribution in [0, 0.1) is 5.92 Å². The van der Waals surface area contributed by atoms with Crippen LogP contribution in [0.1, 0.15) is 25.2 Å². The third-order valence-electron chi connectivity index (χ3n) is 4.94. The Morgan fingerprint density at radius 2 is 1.70 bits per heavy atom. The third kappa shape index (κ3) is 6.22. The van der Waals surface area contributed by atoms with Gasteiger partial charge in [0, 0.05) is 39.3 Å². The summed E-state index contributed by atoms with van der Waals surface area (Å²) in [5.74, 6) is 1.67. The fourth-order valence-electron chi connectivity index (χ4n) is 3.56. The fourth-order valence-corrected chi connectivity index (χ4v) is 3.56. The van der Waals surface area contributed by atoms with Gasteiger partial charge in [-0.05, 0) is 23.6 Å². The standard InChI is InChI=1S/C22H31N3O2/c1-19(2)15-23-10-12-24(13-11-23)18-22(26)25(17-21-9-6-14-27-21)16-20-7-4-3-5-8-20/h3-9,14,19H,10-13,15-18H2,1-2H3. The molecule has 2 heterocycles. The van der Waals surface area contributed by atoms with Gasteiger partial charge in [-0.1, -0.05) is 44.2 Å². The molecule has 3 rings (SSSR count). The number of carbonyl (C=O) groups is 1. The maximum Gasteiger partial charge on any atom is 0.237 e. The molecule has 0 spiro atoms. The van der Waals surface area contributed by atoms with Crippen molar-refractivity contribution < 1.29 is 9.21 Å². The molecule has 1 saturated heterocycles. The number of furan rings is 1. The lowest BCUT2D eigenvalue weighted by Gasteiger charge is -2.36. The second-order valence-corrected chi connectivity index (χ2v) is 7.79. The molecule has 0 bridgehead atoms. The predicted molar refractivity (Wildman–Crippen MR) is 107 cm³/mol. The zero-order chi connectivity index (χ0) is 19.1. The number of piperazine rings is 1. The van der Waals surface area contributed by atoms with E-state index in [1.54, 1.807) is 6.26 Å². The van der Waals surface area contributed by atoms with Gasteiger partial charge in [0.2, 0.25) is 5.91 Å². The lowest BCUT2D eigenvalue weighted by Crippen LogP contribution is -2.50. The van der Waals surface area contributed by atoms with Crippen LogP contribution in [0.2, 0.25) is 0 Å². The van der Waals surface area contributed by atoms with E-state index in [2.05, 4.69) is 35.8 Å². The van der Waals surface area contributed by atoms with E-state index in [0.29, 0.717) is 25.6 Å². The Morgan fingerprint density at radius 1 is 1.00 bits per heavy atom. The second kappa shape index (κ2) is 9.72. The summed E-state index contributed by atoms with van der Waals surface area (Å²) in [6, 6.07) is 13.9. The lowest BCUT2D eigenvalue weighted by molar-refractivity contribution is -0.134. The van der Waals surface area contributed by atoms with Crippen LogP contribution in [0.25, 0.3) is 0 Å². The molecule has 0 aliphatic carbocycles. The summed E-state index contributed by atoms with van der Waals surface area (Å²) in [4.78, 5) is 19.7. The van der Waals surface area contributed by atoms with Crippen LogP contribution in [0.4, 0.5) is 0 Å². The molecule has 146 valence electrons. The van der Waals surface area contributed by atoms with Crippen molar-refractivity contribution in [1.82, 2.24) is 14.7 Å². The van der Waals surface area contributed by atoms with E-state index in [0.717, 1.165) is 44.0 Å². The van der Waals surface area contributed by atoms with Crippen LogP contribution in [0.3, 0.4) is 0 Å². The van der Waals surface area contributed by atoms with E-state index in [4.69, 9.17) is 4.42 Å². The zero-order valence-electron chi connectivity index (χ0n) is 16.5. The van der Waals surface area contributed by atoms with Crippen LogP contribution < -0.4 is 0 Å². The van der Waals surface area contributed by atoms with Gasteiger partial charge in [-0.25, -0.2) is 0 Å². The van der Waals surface area contributed by atoms with Gasteiger partial charge in [-0.2, -0.15) is 0 Å². The molecule has 1 aliphatic heterocycles. The Labute approximate surface area is 162 Å². The molecule has 0 N–H and O–H groups in total. The first-order valence-electron chi connectivity index (χ1n) is 9.89. The number of hydrogen-bond acceptors (Lipinski definition) is 4. The summed E-state index contributed by atoms with van der Waals surface area (Å²) in [7, 11) is 0. The third-order valence-corrected chi connectivity index (χ3v) is 4.94. The van der Waals surface area contributed by atoms with Crippen LogP contribution in [0.5, 0.6) is 0 Å². The van der Waals surface area contributed by atoms with E-state index in [1.807, 2.05) is 35.2 Å². The van der Waals surface area contributed by atoms with E-state index < -0.39 is 0 Å². The molecular weight excluding hydrogens is 338 g/mol. The largest absolute Gasteiger partial charge is 0.467 e. The highest BCUT2D eigenvalue weighted by molar-refractivity contribution is 5.78. The highest BCUT2D eigenvalue weighted by atomic mass is 16.3. The Kier molecular flexibility index (Phi) is 7.07. The first kappa shape index (κ1) is 19.6. The minimum Gasteiger partial charge on any atom is -0.467 e. The van der Waals surface area contributed by atoms with Crippen molar-refractivity contribution in [2.24, 2.45) is 5.92 Å². The van der Waals surface area contributed by atoms with Crippen molar-refractivity contribution >= 4 is 5.91 Å². The van der Waals surface area contributed by atoms with Gasteiger partial charge in [0.15, 0.2) is 0 Å². The number of benzene rings is 1. The minimum absolute atomic E-state index is 0.160. The van der Waals surface area contributed by atoms with Crippen LogP contribution in [0.15, 0.2) is 53.1 Å². The van der Waals surface area contributed by atoms with Crippen LogP contribution in [-0.2, 0) is 17.9 Å². The molecule has 1 fully saturated rings. The molecule has 1 aromatic carbocycles. The molecule has 2 aromatic rings. The quantitative estimate of drug-likeness (QED) is 0.717. The molecular formula is C22H31N3O2. The first-order chi connectivity index (χ1) is 13.1. The highest BCUT2D eigenvalue weighted by Gasteiger charge is 2.23. The summed E-state index contributed by atoms with van der Waals surface area (Å²) >= 11 is 0. The number of nitrogens with zero attached hydrogens (tertiary/aromatic N) is 3. The average Bonchev–Trinajstić information content (AvgIpc) is 3.16. The molecule has 1 aliphatic rings. The smallest absolute Gasteiger partial charge is 0.237 e.